The molecule has 3 aromatic rings. The van der Waals surface area contributed by atoms with E-state index in [4.69, 9.17) is 16.3 Å². The summed E-state index contributed by atoms with van der Waals surface area (Å²) in [5.41, 5.74) is 0.935. The molecule has 1 aliphatic heterocycles. The smallest absolute Gasteiger partial charge is 0.449 e. The molecule has 2 aromatic heterocycles. The van der Waals surface area contributed by atoms with Gasteiger partial charge in [-0.1, -0.05) is 11.6 Å². The van der Waals surface area contributed by atoms with Crippen LogP contribution in [0.3, 0.4) is 0 Å². The average Bonchev–Trinajstić information content (AvgIpc) is 3.08. The molecule has 0 aliphatic carbocycles. The van der Waals surface area contributed by atoms with Crippen LogP contribution in [-0.2, 0) is 12.7 Å². The molecule has 1 aliphatic rings. The number of nitrogens with one attached hydrogen (secondary N) is 1. The van der Waals surface area contributed by atoms with Crippen LogP contribution in [0.25, 0.3) is 21.9 Å². The average molecular weight is 413 g/mol. The van der Waals surface area contributed by atoms with E-state index in [9.17, 15) is 13.2 Å². The fraction of sp³-hybridized carbons (Fsp3) is 0.474. The zero-order valence-corrected chi connectivity index (χ0v) is 16.1. The first-order valence-corrected chi connectivity index (χ1v) is 9.57. The first-order chi connectivity index (χ1) is 13.4. The number of methoxy groups -OCH3 is 1. The molecule has 150 valence electrons. The van der Waals surface area contributed by atoms with Gasteiger partial charge in [-0.05, 0) is 56.5 Å². The van der Waals surface area contributed by atoms with Gasteiger partial charge in [-0.15, -0.1) is 0 Å². The maximum atomic E-state index is 13.7. The van der Waals surface area contributed by atoms with E-state index < -0.39 is 12.0 Å². The Labute approximate surface area is 164 Å². The van der Waals surface area contributed by atoms with E-state index in [1.165, 1.54) is 11.7 Å². The number of hydrogen-bond donors (Lipinski definition) is 1. The highest BCUT2D eigenvalue weighted by Crippen LogP contribution is 2.37. The maximum absolute atomic E-state index is 13.7. The predicted molar refractivity (Wildman–Crippen MR) is 102 cm³/mol. The topological polar surface area (TPSA) is 52.0 Å². The van der Waals surface area contributed by atoms with Gasteiger partial charge in [-0.25, -0.2) is 9.97 Å². The Morgan fingerprint density at radius 2 is 2.00 bits per heavy atom. The van der Waals surface area contributed by atoms with Gasteiger partial charge in [-0.3, -0.25) is 0 Å². The number of alkyl halides is 3. The third-order valence-corrected chi connectivity index (χ3v) is 5.58. The van der Waals surface area contributed by atoms with E-state index >= 15 is 0 Å². The lowest BCUT2D eigenvalue weighted by atomic mass is 9.94. The number of piperidine rings is 1. The summed E-state index contributed by atoms with van der Waals surface area (Å²) in [7, 11) is 1.51. The molecular weight excluding hydrogens is 393 g/mol. The molecule has 0 spiro atoms. The summed E-state index contributed by atoms with van der Waals surface area (Å²) in [4.78, 5) is 8.07. The van der Waals surface area contributed by atoms with Crippen LogP contribution in [0, 0.1) is 5.92 Å². The van der Waals surface area contributed by atoms with E-state index in [-0.39, 0.29) is 17.2 Å². The SMILES string of the molecule is COc1ccc2nc(Cl)c3nc(C(F)(F)F)n(CCC4CCNCC4)c3c2c1. The van der Waals surface area contributed by atoms with Gasteiger partial charge >= 0.3 is 6.18 Å². The maximum Gasteiger partial charge on any atom is 0.449 e. The molecule has 0 saturated carbocycles. The summed E-state index contributed by atoms with van der Waals surface area (Å²) in [5, 5.41) is 3.80. The van der Waals surface area contributed by atoms with Gasteiger partial charge in [0.25, 0.3) is 0 Å². The normalized spacial score (nSPS) is 16.2. The third-order valence-electron chi connectivity index (χ3n) is 5.31. The molecule has 1 N–H and O–H groups in total. The molecule has 1 fully saturated rings. The Bertz CT molecular complexity index is 1010. The second-order valence-corrected chi connectivity index (χ2v) is 7.41. The van der Waals surface area contributed by atoms with Crippen LogP contribution in [0.4, 0.5) is 13.2 Å². The molecule has 0 amide bonds. The van der Waals surface area contributed by atoms with Crippen molar-refractivity contribution in [2.45, 2.75) is 32.0 Å². The number of rotatable bonds is 4. The van der Waals surface area contributed by atoms with Crippen LogP contribution in [0.2, 0.25) is 5.15 Å². The highest BCUT2D eigenvalue weighted by molar-refractivity contribution is 6.35. The fourth-order valence-electron chi connectivity index (χ4n) is 3.87. The number of aryl methyl sites for hydroxylation is 1. The molecule has 0 unspecified atom stereocenters. The van der Waals surface area contributed by atoms with Gasteiger partial charge in [0, 0.05) is 11.9 Å². The van der Waals surface area contributed by atoms with Gasteiger partial charge in [0.1, 0.15) is 11.3 Å². The lowest BCUT2D eigenvalue weighted by molar-refractivity contribution is -0.147. The molecule has 3 heterocycles. The van der Waals surface area contributed by atoms with E-state index in [0.717, 1.165) is 25.9 Å². The second-order valence-electron chi connectivity index (χ2n) is 7.05. The summed E-state index contributed by atoms with van der Waals surface area (Å²) in [6.07, 6.45) is -2.00. The van der Waals surface area contributed by atoms with Gasteiger partial charge in [-0.2, -0.15) is 13.2 Å². The second kappa shape index (κ2) is 7.40. The summed E-state index contributed by atoms with van der Waals surface area (Å²) >= 11 is 6.20. The van der Waals surface area contributed by atoms with Crippen molar-refractivity contribution in [2.75, 3.05) is 20.2 Å². The summed E-state index contributed by atoms with van der Waals surface area (Å²) in [6.45, 7) is 2.03. The van der Waals surface area contributed by atoms with Crippen LogP contribution in [-0.4, -0.2) is 34.7 Å². The van der Waals surface area contributed by atoms with Crippen LogP contribution < -0.4 is 10.1 Å². The van der Waals surface area contributed by atoms with Crippen molar-refractivity contribution in [1.82, 2.24) is 19.9 Å². The van der Waals surface area contributed by atoms with Crippen LogP contribution >= 0.6 is 11.6 Å². The van der Waals surface area contributed by atoms with Crippen molar-refractivity contribution in [3.05, 3.63) is 29.2 Å². The number of benzene rings is 1. The molecular formula is C19H20ClF3N4O. The Morgan fingerprint density at radius 3 is 2.68 bits per heavy atom. The molecule has 1 saturated heterocycles. The van der Waals surface area contributed by atoms with Gasteiger partial charge < -0.3 is 14.6 Å². The van der Waals surface area contributed by atoms with Crippen molar-refractivity contribution in [1.29, 1.82) is 0 Å². The van der Waals surface area contributed by atoms with Crippen LogP contribution in [0.15, 0.2) is 18.2 Å². The van der Waals surface area contributed by atoms with E-state index in [1.807, 2.05) is 0 Å². The van der Waals surface area contributed by atoms with Crippen molar-refractivity contribution < 1.29 is 17.9 Å². The number of fused-ring (bicyclic) bond motifs is 3. The fourth-order valence-corrected chi connectivity index (χ4v) is 4.10. The zero-order valence-electron chi connectivity index (χ0n) is 15.3. The Morgan fingerprint density at radius 1 is 1.25 bits per heavy atom. The molecule has 9 heteroatoms. The van der Waals surface area contributed by atoms with Gasteiger partial charge in [0.05, 0.1) is 18.1 Å². The lowest BCUT2D eigenvalue weighted by Gasteiger charge is -2.23. The predicted octanol–water partition coefficient (Wildman–Crippen LogP) is 4.66. The number of hydrogen-bond acceptors (Lipinski definition) is 4. The van der Waals surface area contributed by atoms with Gasteiger partial charge in [0.15, 0.2) is 5.15 Å². The largest absolute Gasteiger partial charge is 0.497 e. The standard InChI is InChI=1S/C19H20ClF3N4O/c1-28-12-2-3-14-13(10-12)16-15(17(20)25-14)26-18(19(21,22)23)27(16)9-6-11-4-7-24-8-5-11/h2-3,10-11,24H,4-9H2,1H3. The minimum Gasteiger partial charge on any atom is -0.497 e. The quantitative estimate of drug-likeness (QED) is 0.633. The highest BCUT2D eigenvalue weighted by Gasteiger charge is 2.38. The van der Waals surface area contributed by atoms with E-state index in [2.05, 4.69) is 15.3 Å². The number of aromatic nitrogens is 3. The molecule has 0 radical (unpaired) electrons. The van der Waals surface area contributed by atoms with E-state index in [1.54, 1.807) is 18.2 Å². The minimum atomic E-state index is -4.58. The molecule has 1 aromatic carbocycles. The van der Waals surface area contributed by atoms with Crippen LogP contribution in [0.1, 0.15) is 25.1 Å². The number of ether oxygens (including phenoxy) is 1. The van der Waals surface area contributed by atoms with E-state index in [0.29, 0.717) is 34.5 Å². The number of pyridine rings is 1. The number of nitrogens with zero attached hydrogens (tertiary/aromatic N) is 3. The Hall–Kier alpha value is -2.06. The van der Waals surface area contributed by atoms with Crippen molar-refractivity contribution in [3.63, 3.8) is 0 Å². The molecule has 28 heavy (non-hydrogen) atoms. The summed E-state index contributed by atoms with van der Waals surface area (Å²) in [5.74, 6) is -0.00839. The van der Waals surface area contributed by atoms with Crippen molar-refractivity contribution in [3.8, 4) is 5.75 Å². The Kier molecular flexibility index (Phi) is 5.09. The number of halogens is 4. The molecule has 5 nitrogen and oxygen atoms in total. The third kappa shape index (κ3) is 3.51. The summed E-state index contributed by atoms with van der Waals surface area (Å²) in [6, 6.07) is 5.08. The molecule has 0 atom stereocenters. The Balaban J connectivity index is 1.89. The molecule has 4 rings (SSSR count). The highest BCUT2D eigenvalue weighted by atomic mass is 35.5. The first kappa shape index (κ1) is 19.3. The first-order valence-electron chi connectivity index (χ1n) is 9.20. The van der Waals surface area contributed by atoms with Crippen molar-refractivity contribution >= 4 is 33.5 Å². The number of imidazole rings is 1. The van der Waals surface area contributed by atoms with Gasteiger partial charge in [0.2, 0.25) is 5.82 Å². The van der Waals surface area contributed by atoms with Crippen molar-refractivity contribution in [2.24, 2.45) is 5.92 Å². The van der Waals surface area contributed by atoms with Crippen LogP contribution in [0.5, 0.6) is 5.75 Å². The minimum absolute atomic E-state index is 0.0289. The zero-order chi connectivity index (χ0) is 19.9. The lowest BCUT2D eigenvalue weighted by Crippen LogP contribution is -2.28. The summed E-state index contributed by atoms with van der Waals surface area (Å²) < 4.78 is 47.8. The monoisotopic (exact) mass is 412 g/mol. The molecule has 0 bridgehead atoms.